The van der Waals surface area contributed by atoms with Crippen LogP contribution in [-0.4, -0.2) is 40.9 Å². The number of hydrogen-bond donors (Lipinski definition) is 3. The summed E-state index contributed by atoms with van der Waals surface area (Å²) in [6, 6.07) is 7.23. The molecule has 1 unspecified atom stereocenters. The van der Waals surface area contributed by atoms with Crippen molar-refractivity contribution in [3.63, 3.8) is 0 Å². The molecule has 0 aliphatic heterocycles. The standard InChI is InChI=1S/C21H26N2O5/c1-5-28-17-8-6-15(7-9-17)10-16(21(26)27)11-22-20(25)19-12(2)18(14(4)24)13(3)23-19/h6-9,16,23H,5,10-11H2,1-4H3,(H,22,25)(H,26,27). The highest BCUT2D eigenvalue weighted by atomic mass is 16.5. The van der Waals surface area contributed by atoms with Crippen LogP contribution in [0.5, 0.6) is 5.75 Å². The van der Waals surface area contributed by atoms with Gasteiger partial charge in [-0.1, -0.05) is 12.1 Å². The van der Waals surface area contributed by atoms with Gasteiger partial charge >= 0.3 is 5.97 Å². The lowest BCUT2D eigenvalue weighted by Gasteiger charge is -2.14. The average Bonchev–Trinajstić information content (AvgIpc) is 2.94. The highest BCUT2D eigenvalue weighted by molar-refractivity contribution is 6.02. The molecule has 0 saturated heterocycles. The molecule has 1 amide bonds. The highest BCUT2D eigenvalue weighted by Crippen LogP contribution is 2.19. The summed E-state index contributed by atoms with van der Waals surface area (Å²) in [7, 11) is 0. The summed E-state index contributed by atoms with van der Waals surface area (Å²) in [5.74, 6) is -1.58. The maximum atomic E-state index is 12.5. The van der Waals surface area contributed by atoms with Crippen molar-refractivity contribution >= 4 is 17.7 Å². The lowest BCUT2D eigenvalue weighted by Crippen LogP contribution is -2.34. The van der Waals surface area contributed by atoms with Gasteiger partial charge in [-0.3, -0.25) is 14.4 Å². The summed E-state index contributed by atoms with van der Waals surface area (Å²) in [5.41, 5.74) is 2.82. The van der Waals surface area contributed by atoms with E-state index < -0.39 is 17.8 Å². The number of nitrogens with one attached hydrogen (secondary N) is 2. The largest absolute Gasteiger partial charge is 0.494 e. The zero-order chi connectivity index (χ0) is 20.8. The van der Waals surface area contributed by atoms with Crippen LogP contribution in [-0.2, 0) is 11.2 Å². The number of carboxylic acids is 1. The number of amides is 1. The van der Waals surface area contributed by atoms with E-state index in [0.29, 0.717) is 23.4 Å². The molecule has 2 aromatic rings. The van der Waals surface area contributed by atoms with Crippen molar-refractivity contribution in [2.24, 2.45) is 5.92 Å². The van der Waals surface area contributed by atoms with Crippen molar-refractivity contribution in [1.29, 1.82) is 0 Å². The number of aryl methyl sites for hydroxylation is 1. The lowest BCUT2D eigenvalue weighted by atomic mass is 9.99. The monoisotopic (exact) mass is 386 g/mol. The zero-order valence-corrected chi connectivity index (χ0v) is 16.6. The van der Waals surface area contributed by atoms with E-state index in [9.17, 15) is 19.5 Å². The van der Waals surface area contributed by atoms with E-state index in [1.165, 1.54) is 6.92 Å². The fraction of sp³-hybridized carbons (Fsp3) is 0.381. The minimum absolute atomic E-state index is 0.0196. The molecule has 150 valence electrons. The first-order chi connectivity index (χ1) is 13.2. The first-order valence-electron chi connectivity index (χ1n) is 9.17. The number of ketones is 1. The van der Waals surface area contributed by atoms with Gasteiger partial charge in [0.1, 0.15) is 11.4 Å². The number of H-pyrrole nitrogens is 1. The van der Waals surface area contributed by atoms with E-state index >= 15 is 0 Å². The van der Waals surface area contributed by atoms with Crippen LogP contribution >= 0.6 is 0 Å². The van der Waals surface area contributed by atoms with E-state index in [4.69, 9.17) is 4.74 Å². The molecule has 28 heavy (non-hydrogen) atoms. The van der Waals surface area contributed by atoms with Crippen molar-refractivity contribution in [2.75, 3.05) is 13.2 Å². The van der Waals surface area contributed by atoms with Crippen LogP contribution in [0.3, 0.4) is 0 Å². The zero-order valence-electron chi connectivity index (χ0n) is 16.6. The molecular formula is C21H26N2O5. The summed E-state index contributed by atoms with van der Waals surface area (Å²) in [6.07, 6.45) is 0.281. The average molecular weight is 386 g/mol. The molecule has 0 aliphatic carbocycles. The van der Waals surface area contributed by atoms with E-state index in [0.717, 1.165) is 11.3 Å². The number of rotatable bonds is 9. The van der Waals surface area contributed by atoms with Gasteiger partial charge in [-0.15, -0.1) is 0 Å². The summed E-state index contributed by atoms with van der Waals surface area (Å²) in [4.78, 5) is 38.7. The van der Waals surface area contributed by atoms with Gasteiger partial charge in [-0.2, -0.15) is 0 Å². The molecule has 3 N–H and O–H groups in total. The van der Waals surface area contributed by atoms with E-state index in [-0.39, 0.29) is 24.4 Å². The van der Waals surface area contributed by atoms with Crippen molar-refractivity contribution in [3.8, 4) is 5.75 Å². The summed E-state index contributed by atoms with van der Waals surface area (Å²) >= 11 is 0. The van der Waals surface area contributed by atoms with Crippen LogP contribution < -0.4 is 10.1 Å². The first kappa shape index (κ1) is 21.2. The summed E-state index contributed by atoms with van der Waals surface area (Å²) < 4.78 is 5.38. The van der Waals surface area contributed by atoms with E-state index in [1.54, 1.807) is 26.0 Å². The number of carboxylic acid groups (broad SMARTS) is 1. The predicted octanol–water partition coefficient (Wildman–Crippen LogP) is 2.91. The molecule has 7 heteroatoms. The van der Waals surface area contributed by atoms with Crippen LogP contribution in [0, 0.1) is 19.8 Å². The Bertz CT molecular complexity index is 868. The van der Waals surface area contributed by atoms with E-state index in [2.05, 4.69) is 10.3 Å². The van der Waals surface area contributed by atoms with Crippen LogP contribution in [0.25, 0.3) is 0 Å². The minimum Gasteiger partial charge on any atom is -0.494 e. The Kier molecular flexibility index (Phi) is 6.98. The fourth-order valence-electron chi connectivity index (χ4n) is 3.23. The van der Waals surface area contributed by atoms with Crippen LogP contribution in [0.4, 0.5) is 0 Å². The maximum absolute atomic E-state index is 12.5. The molecule has 0 spiro atoms. The predicted molar refractivity (Wildman–Crippen MR) is 105 cm³/mol. The van der Waals surface area contributed by atoms with Crippen molar-refractivity contribution in [3.05, 3.63) is 52.3 Å². The minimum atomic E-state index is -0.988. The fourth-order valence-corrected chi connectivity index (χ4v) is 3.23. The number of aromatic nitrogens is 1. The molecule has 0 aliphatic rings. The van der Waals surface area contributed by atoms with Gasteiger partial charge in [0, 0.05) is 17.8 Å². The normalized spacial score (nSPS) is 11.7. The second-order valence-electron chi connectivity index (χ2n) is 6.71. The number of aliphatic carboxylic acids is 1. The smallest absolute Gasteiger partial charge is 0.308 e. The molecule has 0 saturated carbocycles. The number of Topliss-reactive ketones (excluding diaryl/α,β-unsaturated/α-hetero) is 1. The van der Waals surface area contributed by atoms with Gasteiger partial charge in [0.15, 0.2) is 5.78 Å². The van der Waals surface area contributed by atoms with Crippen molar-refractivity contribution in [1.82, 2.24) is 10.3 Å². The van der Waals surface area contributed by atoms with Gasteiger partial charge in [0.25, 0.3) is 5.91 Å². The van der Waals surface area contributed by atoms with Gasteiger partial charge < -0.3 is 20.1 Å². The maximum Gasteiger partial charge on any atom is 0.308 e. The Morgan fingerprint density at radius 3 is 2.32 bits per heavy atom. The number of carbonyl (C=O) groups excluding carboxylic acids is 2. The van der Waals surface area contributed by atoms with Gasteiger partial charge in [0.2, 0.25) is 0 Å². The Morgan fingerprint density at radius 1 is 1.18 bits per heavy atom. The number of benzene rings is 1. The first-order valence-corrected chi connectivity index (χ1v) is 9.17. The molecule has 0 fully saturated rings. The van der Waals surface area contributed by atoms with Gasteiger partial charge in [-0.25, -0.2) is 0 Å². The molecule has 0 radical (unpaired) electrons. The number of carbonyl (C=O) groups is 3. The topological polar surface area (TPSA) is 108 Å². The quantitative estimate of drug-likeness (QED) is 0.574. The molecule has 1 aromatic heterocycles. The second kappa shape index (κ2) is 9.21. The lowest BCUT2D eigenvalue weighted by molar-refractivity contribution is -0.141. The molecule has 1 atom stereocenters. The van der Waals surface area contributed by atoms with E-state index in [1.807, 2.05) is 19.1 Å². The van der Waals surface area contributed by atoms with Crippen LogP contribution in [0.2, 0.25) is 0 Å². The third-order valence-corrected chi connectivity index (χ3v) is 4.59. The van der Waals surface area contributed by atoms with Gasteiger partial charge in [0.05, 0.1) is 12.5 Å². The van der Waals surface area contributed by atoms with Crippen LogP contribution in [0.15, 0.2) is 24.3 Å². The Balaban J connectivity index is 2.05. The molecular weight excluding hydrogens is 360 g/mol. The second-order valence-corrected chi connectivity index (χ2v) is 6.71. The highest BCUT2D eigenvalue weighted by Gasteiger charge is 2.23. The summed E-state index contributed by atoms with van der Waals surface area (Å²) in [6.45, 7) is 7.31. The third-order valence-electron chi connectivity index (χ3n) is 4.59. The Labute approximate surface area is 164 Å². The Morgan fingerprint density at radius 2 is 1.82 bits per heavy atom. The van der Waals surface area contributed by atoms with Gasteiger partial charge in [-0.05, 0) is 57.4 Å². The molecule has 1 heterocycles. The number of aromatic amines is 1. The third kappa shape index (κ3) is 5.00. The Hall–Kier alpha value is -3.09. The SMILES string of the molecule is CCOc1ccc(CC(CNC(=O)c2[nH]c(C)c(C(C)=O)c2C)C(=O)O)cc1. The molecule has 1 aromatic carbocycles. The number of ether oxygens (including phenoxy) is 1. The van der Waals surface area contributed by atoms with Crippen LogP contribution in [0.1, 0.15) is 51.5 Å². The molecule has 2 rings (SSSR count). The van der Waals surface area contributed by atoms with Crippen molar-refractivity contribution < 1.29 is 24.2 Å². The number of hydrogen-bond acceptors (Lipinski definition) is 4. The molecule has 0 bridgehead atoms. The van der Waals surface area contributed by atoms with Crippen molar-refractivity contribution in [2.45, 2.75) is 34.1 Å². The molecule has 7 nitrogen and oxygen atoms in total. The summed E-state index contributed by atoms with van der Waals surface area (Å²) in [5, 5.41) is 12.2.